The SMILES string of the molecule is CCCCCOC(=O)Oc1ccc(CC(N)(CCOC(=O)[C@@H](C)CC)C(=O)OC)cc1OC(=O)OCCCCC. The Morgan fingerprint density at radius 2 is 1.40 bits per heavy atom. The lowest BCUT2D eigenvalue weighted by Gasteiger charge is -2.27. The third-order valence-electron chi connectivity index (χ3n) is 6.25. The summed E-state index contributed by atoms with van der Waals surface area (Å²) >= 11 is 0. The van der Waals surface area contributed by atoms with Crippen LogP contribution in [0.15, 0.2) is 18.2 Å². The second-order valence-corrected chi connectivity index (χ2v) is 9.65. The molecule has 0 radical (unpaired) electrons. The van der Waals surface area contributed by atoms with Crippen molar-refractivity contribution in [1.29, 1.82) is 0 Å². The molecule has 0 saturated heterocycles. The largest absolute Gasteiger partial charge is 0.513 e. The average molecular weight is 568 g/mol. The van der Waals surface area contributed by atoms with E-state index < -0.39 is 23.8 Å². The van der Waals surface area contributed by atoms with Crippen LogP contribution < -0.4 is 15.2 Å². The van der Waals surface area contributed by atoms with Gasteiger partial charge in [-0.05, 0) is 37.0 Å². The first kappa shape index (κ1) is 34.7. The van der Waals surface area contributed by atoms with E-state index in [0.717, 1.165) is 25.7 Å². The van der Waals surface area contributed by atoms with Gasteiger partial charge in [-0.2, -0.15) is 0 Å². The Bertz CT molecular complexity index is 951. The molecule has 11 nitrogen and oxygen atoms in total. The first-order valence-electron chi connectivity index (χ1n) is 14.0. The maximum atomic E-state index is 12.6. The van der Waals surface area contributed by atoms with Gasteiger partial charge < -0.3 is 34.2 Å². The second-order valence-electron chi connectivity index (χ2n) is 9.65. The van der Waals surface area contributed by atoms with Crippen LogP contribution in [-0.2, 0) is 35.0 Å². The van der Waals surface area contributed by atoms with Gasteiger partial charge in [0.1, 0.15) is 5.54 Å². The molecule has 0 spiro atoms. The zero-order chi connectivity index (χ0) is 30.0. The lowest BCUT2D eigenvalue weighted by Crippen LogP contribution is -2.51. The smallest absolute Gasteiger partial charge is 0.468 e. The Hall–Kier alpha value is -3.34. The Balaban J connectivity index is 3.10. The fourth-order valence-electron chi connectivity index (χ4n) is 3.55. The van der Waals surface area contributed by atoms with Crippen molar-refractivity contribution in [2.75, 3.05) is 26.9 Å². The summed E-state index contributed by atoms with van der Waals surface area (Å²) in [6.07, 6.45) is 3.71. The number of benzene rings is 1. The second kappa shape index (κ2) is 18.9. The van der Waals surface area contributed by atoms with Crippen LogP contribution in [0.5, 0.6) is 11.5 Å². The number of hydrogen-bond donors (Lipinski definition) is 1. The Morgan fingerprint density at radius 3 is 1.93 bits per heavy atom. The molecule has 0 aliphatic carbocycles. The van der Waals surface area contributed by atoms with E-state index in [1.807, 2.05) is 20.8 Å². The van der Waals surface area contributed by atoms with Crippen LogP contribution in [0.25, 0.3) is 0 Å². The number of hydrogen-bond acceptors (Lipinski definition) is 11. The molecule has 11 heteroatoms. The molecule has 1 aromatic carbocycles. The van der Waals surface area contributed by atoms with E-state index in [0.29, 0.717) is 24.8 Å². The van der Waals surface area contributed by atoms with Crippen molar-refractivity contribution in [3.63, 3.8) is 0 Å². The van der Waals surface area contributed by atoms with Crippen LogP contribution in [0.1, 0.15) is 84.6 Å². The minimum absolute atomic E-state index is 0.0140. The molecule has 0 bridgehead atoms. The minimum Gasteiger partial charge on any atom is -0.468 e. The Labute approximate surface area is 236 Å². The van der Waals surface area contributed by atoms with Gasteiger partial charge in [-0.1, -0.05) is 59.4 Å². The molecule has 0 fully saturated rings. The summed E-state index contributed by atoms with van der Waals surface area (Å²) in [5.41, 5.74) is 5.34. The Morgan fingerprint density at radius 1 is 0.825 bits per heavy atom. The van der Waals surface area contributed by atoms with Gasteiger partial charge in [-0.25, -0.2) is 9.59 Å². The van der Waals surface area contributed by atoms with E-state index in [1.54, 1.807) is 13.0 Å². The average Bonchev–Trinajstić information content (AvgIpc) is 2.93. The van der Waals surface area contributed by atoms with Gasteiger partial charge in [0.15, 0.2) is 11.5 Å². The summed E-state index contributed by atoms with van der Waals surface area (Å²) in [4.78, 5) is 49.2. The van der Waals surface area contributed by atoms with E-state index in [-0.39, 0.29) is 56.0 Å². The molecule has 0 amide bonds. The van der Waals surface area contributed by atoms with E-state index in [2.05, 4.69) is 0 Å². The third kappa shape index (κ3) is 12.7. The van der Waals surface area contributed by atoms with Crippen LogP contribution in [0.3, 0.4) is 0 Å². The molecule has 2 N–H and O–H groups in total. The molecule has 1 rings (SSSR count). The molecule has 2 atom stereocenters. The summed E-state index contributed by atoms with van der Waals surface area (Å²) < 4.78 is 31.0. The summed E-state index contributed by atoms with van der Waals surface area (Å²) in [7, 11) is 1.21. The summed E-state index contributed by atoms with van der Waals surface area (Å²) in [5.74, 6) is -1.55. The molecule has 1 aromatic rings. The van der Waals surface area contributed by atoms with Crippen molar-refractivity contribution in [3.8, 4) is 11.5 Å². The molecule has 0 aromatic heterocycles. The van der Waals surface area contributed by atoms with Crippen LogP contribution in [-0.4, -0.2) is 56.7 Å². The molecule has 0 aliphatic heterocycles. The molecular weight excluding hydrogens is 522 g/mol. The van der Waals surface area contributed by atoms with Gasteiger partial charge in [0, 0.05) is 12.8 Å². The van der Waals surface area contributed by atoms with E-state index in [1.165, 1.54) is 19.2 Å². The lowest BCUT2D eigenvalue weighted by atomic mass is 9.88. The quantitative estimate of drug-likeness (QED) is 0.104. The monoisotopic (exact) mass is 567 g/mol. The van der Waals surface area contributed by atoms with Crippen molar-refractivity contribution in [1.82, 2.24) is 0 Å². The predicted octanol–water partition coefficient (Wildman–Crippen LogP) is 5.49. The van der Waals surface area contributed by atoms with Crippen molar-refractivity contribution in [2.24, 2.45) is 11.7 Å². The van der Waals surface area contributed by atoms with Crippen LogP contribution in [0.2, 0.25) is 0 Å². The normalized spacial score (nSPS) is 12.9. The number of methoxy groups -OCH3 is 1. The number of rotatable bonds is 18. The highest BCUT2D eigenvalue weighted by atomic mass is 16.7. The number of nitrogens with two attached hydrogens (primary N) is 1. The predicted molar refractivity (Wildman–Crippen MR) is 147 cm³/mol. The van der Waals surface area contributed by atoms with Crippen LogP contribution in [0, 0.1) is 5.92 Å². The van der Waals surface area contributed by atoms with Gasteiger partial charge in [0.05, 0.1) is 32.8 Å². The number of ether oxygens (including phenoxy) is 6. The molecule has 226 valence electrons. The van der Waals surface area contributed by atoms with Gasteiger partial charge in [0.25, 0.3) is 0 Å². The maximum Gasteiger partial charge on any atom is 0.513 e. The zero-order valence-electron chi connectivity index (χ0n) is 24.5. The van der Waals surface area contributed by atoms with Gasteiger partial charge in [-0.15, -0.1) is 0 Å². The van der Waals surface area contributed by atoms with E-state index in [4.69, 9.17) is 34.2 Å². The highest BCUT2D eigenvalue weighted by Crippen LogP contribution is 2.31. The number of unbranched alkanes of at least 4 members (excludes halogenated alkanes) is 4. The number of carbonyl (C=O) groups excluding carboxylic acids is 4. The fraction of sp³-hybridized carbons (Fsp3) is 0.655. The first-order chi connectivity index (χ1) is 19.1. The van der Waals surface area contributed by atoms with Gasteiger partial charge in [0.2, 0.25) is 0 Å². The molecule has 0 saturated carbocycles. The number of carbonyl (C=O) groups is 4. The maximum absolute atomic E-state index is 12.6. The van der Waals surface area contributed by atoms with Crippen molar-refractivity contribution in [3.05, 3.63) is 23.8 Å². The number of esters is 2. The fourth-order valence-corrected chi connectivity index (χ4v) is 3.55. The minimum atomic E-state index is -1.55. The zero-order valence-corrected chi connectivity index (χ0v) is 24.5. The first-order valence-corrected chi connectivity index (χ1v) is 14.0. The van der Waals surface area contributed by atoms with Gasteiger partial charge >= 0.3 is 24.2 Å². The van der Waals surface area contributed by atoms with Crippen molar-refractivity contribution >= 4 is 24.2 Å². The van der Waals surface area contributed by atoms with Crippen molar-refractivity contribution < 1.29 is 47.6 Å². The van der Waals surface area contributed by atoms with Crippen LogP contribution >= 0.6 is 0 Å². The summed E-state index contributed by atoms with van der Waals surface area (Å²) in [6, 6.07) is 4.39. The molecular formula is C29H45NO10. The molecule has 0 heterocycles. The Kier molecular flexibility index (Phi) is 16.4. The van der Waals surface area contributed by atoms with E-state index >= 15 is 0 Å². The summed E-state index contributed by atoms with van der Waals surface area (Å²) in [5, 5.41) is 0. The van der Waals surface area contributed by atoms with Gasteiger partial charge in [-0.3, -0.25) is 9.59 Å². The third-order valence-corrected chi connectivity index (χ3v) is 6.25. The topological polar surface area (TPSA) is 150 Å². The molecule has 0 aliphatic rings. The van der Waals surface area contributed by atoms with Crippen molar-refractivity contribution in [2.45, 2.75) is 91.0 Å². The molecule has 1 unspecified atom stereocenters. The highest BCUT2D eigenvalue weighted by molar-refractivity contribution is 5.81. The molecule has 40 heavy (non-hydrogen) atoms. The van der Waals surface area contributed by atoms with Crippen LogP contribution in [0.4, 0.5) is 9.59 Å². The highest BCUT2D eigenvalue weighted by Gasteiger charge is 2.36. The van der Waals surface area contributed by atoms with E-state index in [9.17, 15) is 19.2 Å². The lowest BCUT2D eigenvalue weighted by molar-refractivity contribution is -0.153. The standard InChI is InChI=1S/C29H45NO10/c1-6-9-11-16-37-27(33)39-23-14-13-22(19-24(23)40-28(34)38-17-12-10-7-2)20-29(30,26(32)35-5)15-18-36-25(31)21(4)8-3/h13-14,19,21H,6-12,15-18,20,30H2,1-5H3/t21-,29?/m0/s1. The summed E-state index contributed by atoms with van der Waals surface area (Å²) in [6.45, 7) is 7.94.